The van der Waals surface area contributed by atoms with Crippen LogP contribution in [-0.2, 0) is 9.59 Å². The summed E-state index contributed by atoms with van der Waals surface area (Å²) in [7, 11) is 1.58. The van der Waals surface area contributed by atoms with Crippen molar-refractivity contribution in [1.29, 1.82) is 0 Å². The van der Waals surface area contributed by atoms with Gasteiger partial charge in [0.05, 0.1) is 29.0 Å². The number of benzene rings is 2. The monoisotopic (exact) mass is 396 g/mol. The molecule has 0 aromatic heterocycles. The van der Waals surface area contributed by atoms with Gasteiger partial charge in [-0.25, -0.2) is 0 Å². The molecule has 0 N–H and O–H groups in total. The van der Waals surface area contributed by atoms with E-state index >= 15 is 0 Å². The predicted octanol–water partition coefficient (Wildman–Crippen LogP) is 3.84. The molecule has 2 aliphatic rings. The molecule has 0 atom stereocenters. The average Bonchev–Trinajstić information content (AvgIpc) is 3.13. The van der Waals surface area contributed by atoms with Gasteiger partial charge in [-0.15, -0.1) is 0 Å². The number of fused-ring (bicyclic) bond motifs is 1. The third kappa shape index (κ3) is 2.74. The lowest BCUT2D eigenvalue weighted by Gasteiger charge is -2.15. The summed E-state index contributed by atoms with van der Waals surface area (Å²) in [5.41, 5.74) is 2.69. The van der Waals surface area contributed by atoms with Crippen LogP contribution in [0.1, 0.15) is 12.5 Å². The Morgan fingerprint density at radius 2 is 1.74 bits per heavy atom. The molecule has 1 saturated heterocycles. The molecule has 2 aliphatic heterocycles. The van der Waals surface area contributed by atoms with Gasteiger partial charge < -0.3 is 9.64 Å². The van der Waals surface area contributed by atoms with Crippen molar-refractivity contribution in [3.05, 3.63) is 59.0 Å². The van der Waals surface area contributed by atoms with E-state index in [4.69, 9.17) is 17.0 Å². The van der Waals surface area contributed by atoms with Gasteiger partial charge in [0.15, 0.2) is 4.32 Å². The largest absolute Gasteiger partial charge is 0.497 e. The molecular weight excluding hydrogens is 380 g/mol. The molecule has 7 heteroatoms. The van der Waals surface area contributed by atoms with Crippen LogP contribution in [0.2, 0.25) is 0 Å². The van der Waals surface area contributed by atoms with E-state index in [1.165, 1.54) is 16.7 Å². The number of likely N-dealkylation sites (N-methyl/N-ethyl adjacent to an activating group) is 1. The Kier molecular flexibility index (Phi) is 4.49. The van der Waals surface area contributed by atoms with Gasteiger partial charge in [-0.1, -0.05) is 42.2 Å². The van der Waals surface area contributed by atoms with E-state index in [9.17, 15) is 9.59 Å². The number of hydrogen-bond donors (Lipinski definition) is 0. The van der Waals surface area contributed by atoms with Crippen LogP contribution >= 0.6 is 24.0 Å². The lowest BCUT2D eigenvalue weighted by molar-refractivity contribution is -0.115. The first kappa shape index (κ1) is 17.8. The summed E-state index contributed by atoms with van der Waals surface area (Å²) in [5, 5.41) is 0. The molecule has 2 amide bonds. The highest BCUT2D eigenvalue weighted by molar-refractivity contribution is 8.27. The molecule has 27 heavy (non-hydrogen) atoms. The second-order valence-corrected chi connectivity index (χ2v) is 7.62. The molecule has 1 fully saturated rings. The minimum Gasteiger partial charge on any atom is -0.497 e. The second kappa shape index (κ2) is 6.83. The summed E-state index contributed by atoms with van der Waals surface area (Å²) < 4.78 is 5.57. The lowest BCUT2D eigenvalue weighted by Crippen LogP contribution is -2.29. The molecule has 2 aromatic rings. The fraction of sp³-hybridized carbons (Fsp3) is 0.150. The Morgan fingerprint density at radius 1 is 1.04 bits per heavy atom. The van der Waals surface area contributed by atoms with Crippen LogP contribution in [0.25, 0.3) is 5.57 Å². The molecule has 0 bridgehead atoms. The molecule has 0 spiro atoms. The van der Waals surface area contributed by atoms with Gasteiger partial charge in [-0.2, -0.15) is 0 Å². The number of anilines is 2. The van der Waals surface area contributed by atoms with Crippen LogP contribution in [0, 0.1) is 0 Å². The number of para-hydroxylation sites is 1. The number of rotatable bonds is 3. The van der Waals surface area contributed by atoms with Gasteiger partial charge in [0.1, 0.15) is 5.75 Å². The Morgan fingerprint density at radius 3 is 2.41 bits per heavy atom. The summed E-state index contributed by atoms with van der Waals surface area (Å²) in [4.78, 5) is 29.7. The lowest BCUT2D eigenvalue weighted by atomic mass is 10.1. The zero-order valence-electron chi connectivity index (χ0n) is 14.8. The van der Waals surface area contributed by atoms with E-state index < -0.39 is 0 Å². The van der Waals surface area contributed by atoms with Gasteiger partial charge in [0.25, 0.3) is 11.8 Å². The number of thioether (sulfide) groups is 1. The summed E-state index contributed by atoms with van der Waals surface area (Å²) in [6.45, 7) is 2.46. The van der Waals surface area contributed by atoms with Crippen LogP contribution in [0.4, 0.5) is 11.4 Å². The number of thiocarbonyl (C=S) groups is 1. The molecule has 0 saturated carbocycles. The van der Waals surface area contributed by atoms with Crippen molar-refractivity contribution in [2.24, 2.45) is 0 Å². The van der Waals surface area contributed by atoms with Crippen LogP contribution < -0.4 is 14.5 Å². The Labute approximate surface area is 166 Å². The van der Waals surface area contributed by atoms with E-state index in [2.05, 4.69) is 0 Å². The van der Waals surface area contributed by atoms with Crippen LogP contribution in [0.3, 0.4) is 0 Å². The van der Waals surface area contributed by atoms with Crippen molar-refractivity contribution in [3.63, 3.8) is 0 Å². The van der Waals surface area contributed by atoms with E-state index in [1.54, 1.807) is 36.3 Å². The predicted molar refractivity (Wildman–Crippen MR) is 112 cm³/mol. The second-order valence-electron chi connectivity index (χ2n) is 5.98. The molecule has 136 valence electrons. The molecular formula is C20H16N2O3S2. The number of methoxy groups -OCH3 is 1. The van der Waals surface area contributed by atoms with Gasteiger partial charge in [0, 0.05) is 12.1 Å². The summed E-state index contributed by atoms with van der Waals surface area (Å²) >= 11 is 6.62. The first-order valence-electron chi connectivity index (χ1n) is 8.42. The Bertz CT molecular complexity index is 999. The van der Waals surface area contributed by atoms with Crippen molar-refractivity contribution in [2.45, 2.75) is 6.92 Å². The van der Waals surface area contributed by atoms with Gasteiger partial charge >= 0.3 is 0 Å². The zero-order chi connectivity index (χ0) is 19.1. The summed E-state index contributed by atoms with van der Waals surface area (Å²) in [6.07, 6.45) is 0. The highest BCUT2D eigenvalue weighted by Gasteiger charge is 2.42. The van der Waals surface area contributed by atoms with Gasteiger partial charge in [-0.3, -0.25) is 14.5 Å². The van der Waals surface area contributed by atoms with Gasteiger partial charge in [-0.05, 0) is 37.3 Å². The van der Waals surface area contributed by atoms with Crippen LogP contribution in [0.15, 0.2) is 53.4 Å². The normalized spacial score (nSPS) is 19.1. The Balaban J connectivity index is 1.80. The number of ether oxygens (including phenoxy) is 1. The Hall–Kier alpha value is -2.64. The first-order valence-corrected chi connectivity index (χ1v) is 9.65. The molecule has 0 unspecified atom stereocenters. The number of carbonyl (C=O) groups is 2. The van der Waals surface area contributed by atoms with Crippen molar-refractivity contribution in [2.75, 3.05) is 23.5 Å². The maximum Gasteiger partial charge on any atom is 0.271 e. The molecule has 2 aromatic carbocycles. The number of amides is 2. The molecule has 4 rings (SSSR count). The number of hydrogen-bond acceptors (Lipinski definition) is 5. The highest BCUT2D eigenvalue weighted by Crippen LogP contribution is 2.45. The maximum atomic E-state index is 13.2. The van der Waals surface area contributed by atoms with E-state index in [0.29, 0.717) is 32.8 Å². The SMILES string of the molecule is CCN1C(=O)/C(=C2/SC(=S)N(c3ccc(OC)cc3)C2=O)c2ccccc21. The quantitative estimate of drug-likeness (QED) is 0.583. The zero-order valence-corrected chi connectivity index (χ0v) is 16.4. The smallest absolute Gasteiger partial charge is 0.271 e. The first-order chi connectivity index (χ1) is 13.1. The van der Waals surface area contributed by atoms with Crippen molar-refractivity contribution in [1.82, 2.24) is 0 Å². The highest BCUT2D eigenvalue weighted by atomic mass is 32.2. The van der Waals surface area contributed by atoms with Crippen LogP contribution in [0.5, 0.6) is 5.75 Å². The minimum atomic E-state index is -0.272. The van der Waals surface area contributed by atoms with E-state index in [1.807, 2.05) is 31.2 Å². The summed E-state index contributed by atoms with van der Waals surface area (Å²) in [6, 6.07) is 14.6. The third-order valence-corrected chi connectivity index (χ3v) is 5.94. The third-order valence-electron chi connectivity index (χ3n) is 4.57. The molecule has 2 heterocycles. The van der Waals surface area contributed by atoms with E-state index in [-0.39, 0.29) is 11.8 Å². The van der Waals surface area contributed by atoms with Crippen LogP contribution in [-0.4, -0.2) is 29.8 Å². The van der Waals surface area contributed by atoms with E-state index in [0.717, 1.165) is 11.3 Å². The number of nitrogens with zero attached hydrogens (tertiary/aromatic N) is 2. The minimum absolute atomic E-state index is 0.158. The average molecular weight is 396 g/mol. The van der Waals surface area contributed by atoms with Crippen molar-refractivity contribution >= 4 is 57.1 Å². The molecule has 0 radical (unpaired) electrons. The van der Waals surface area contributed by atoms with Gasteiger partial charge in [0.2, 0.25) is 0 Å². The molecule has 0 aliphatic carbocycles. The fourth-order valence-electron chi connectivity index (χ4n) is 3.29. The maximum absolute atomic E-state index is 13.2. The summed E-state index contributed by atoms with van der Waals surface area (Å²) in [5.74, 6) is 0.265. The standard InChI is InChI=1S/C20H16N2O3S2/c1-3-21-15-7-5-4-6-14(15)16(18(21)23)17-19(24)22(20(26)27-17)12-8-10-13(25-2)11-9-12/h4-11H,3H2,1-2H3/b17-16+. The van der Waals surface area contributed by atoms with Crippen molar-refractivity contribution in [3.8, 4) is 5.75 Å². The topological polar surface area (TPSA) is 49.9 Å². The molecule has 5 nitrogen and oxygen atoms in total. The van der Waals surface area contributed by atoms with Crippen molar-refractivity contribution < 1.29 is 14.3 Å². The fourth-order valence-corrected chi connectivity index (χ4v) is 4.66. The number of carbonyl (C=O) groups excluding carboxylic acids is 2.